The highest BCUT2D eigenvalue weighted by Gasteiger charge is 2.30. The lowest BCUT2D eigenvalue weighted by Crippen LogP contribution is -2.56. The Morgan fingerprint density at radius 1 is 1.36 bits per heavy atom. The van der Waals surface area contributed by atoms with Crippen LogP contribution in [0.15, 0.2) is 42.7 Å². The highest BCUT2D eigenvalue weighted by molar-refractivity contribution is 5.88. The van der Waals surface area contributed by atoms with Gasteiger partial charge in [0.1, 0.15) is 6.04 Å². The summed E-state index contributed by atoms with van der Waals surface area (Å²) in [6.45, 7) is 4.54. The quantitative estimate of drug-likeness (QED) is 0.792. The monoisotopic (exact) mass is 341 g/mol. The van der Waals surface area contributed by atoms with Gasteiger partial charge in [0.25, 0.3) is 0 Å². The summed E-state index contributed by atoms with van der Waals surface area (Å²) < 4.78 is 1.77. The summed E-state index contributed by atoms with van der Waals surface area (Å²) in [5.74, 6) is -0.00957. The SMILES string of the molecule is C[C@H](NC(=O)N[C@@H]1C(=O)NCC[C@@H]1C)c1ccccc1-n1cccn1. The second-order valence-electron chi connectivity index (χ2n) is 6.38. The molecule has 3 rings (SSSR count). The van der Waals surface area contributed by atoms with Crippen LogP contribution in [0.5, 0.6) is 0 Å². The third-order valence-electron chi connectivity index (χ3n) is 4.54. The van der Waals surface area contributed by atoms with Crippen molar-refractivity contribution in [1.29, 1.82) is 0 Å². The lowest BCUT2D eigenvalue weighted by atomic mass is 9.94. The highest BCUT2D eigenvalue weighted by Crippen LogP contribution is 2.21. The van der Waals surface area contributed by atoms with Crippen LogP contribution in [0.1, 0.15) is 31.9 Å². The minimum Gasteiger partial charge on any atom is -0.354 e. The average molecular weight is 341 g/mol. The molecule has 3 atom stereocenters. The van der Waals surface area contributed by atoms with E-state index in [1.54, 1.807) is 10.9 Å². The van der Waals surface area contributed by atoms with Crippen LogP contribution >= 0.6 is 0 Å². The topological polar surface area (TPSA) is 88.0 Å². The Morgan fingerprint density at radius 3 is 2.88 bits per heavy atom. The lowest BCUT2D eigenvalue weighted by molar-refractivity contribution is -0.125. The molecule has 25 heavy (non-hydrogen) atoms. The maximum Gasteiger partial charge on any atom is 0.315 e. The van der Waals surface area contributed by atoms with E-state index in [0.717, 1.165) is 17.7 Å². The molecule has 1 aromatic carbocycles. The van der Waals surface area contributed by atoms with Crippen LogP contribution < -0.4 is 16.0 Å². The van der Waals surface area contributed by atoms with Gasteiger partial charge in [-0.15, -0.1) is 0 Å². The number of piperidine rings is 1. The first kappa shape index (κ1) is 17.0. The molecule has 0 saturated carbocycles. The molecule has 3 amide bonds. The molecule has 1 saturated heterocycles. The Bertz CT molecular complexity index is 744. The van der Waals surface area contributed by atoms with Gasteiger partial charge in [0.05, 0.1) is 11.7 Å². The molecule has 0 spiro atoms. The first-order valence-corrected chi connectivity index (χ1v) is 8.50. The number of aromatic nitrogens is 2. The van der Waals surface area contributed by atoms with Crippen LogP contribution in [-0.4, -0.2) is 34.3 Å². The van der Waals surface area contributed by atoms with Crippen molar-refractivity contribution in [2.24, 2.45) is 5.92 Å². The summed E-state index contributed by atoms with van der Waals surface area (Å²) in [6.07, 6.45) is 4.43. The zero-order valence-corrected chi connectivity index (χ0v) is 14.4. The summed E-state index contributed by atoms with van der Waals surface area (Å²) in [7, 11) is 0. The molecule has 1 aliphatic heterocycles. The number of carbonyl (C=O) groups is 2. The van der Waals surface area contributed by atoms with Crippen molar-refractivity contribution in [2.75, 3.05) is 6.54 Å². The number of hydrogen-bond donors (Lipinski definition) is 3. The number of nitrogens with zero attached hydrogens (tertiary/aromatic N) is 2. The van der Waals surface area contributed by atoms with E-state index in [-0.39, 0.29) is 23.9 Å². The summed E-state index contributed by atoms with van der Waals surface area (Å²) in [6, 6.07) is 8.54. The number of amides is 3. The predicted molar refractivity (Wildman–Crippen MR) is 94.2 cm³/mol. The van der Waals surface area contributed by atoms with E-state index in [1.165, 1.54) is 0 Å². The first-order chi connectivity index (χ1) is 12.1. The van der Waals surface area contributed by atoms with Crippen LogP contribution in [-0.2, 0) is 4.79 Å². The molecular formula is C18H23N5O2. The minimum absolute atomic E-state index is 0.117. The van der Waals surface area contributed by atoms with Crippen LogP contribution in [0, 0.1) is 5.92 Å². The maximum absolute atomic E-state index is 12.4. The maximum atomic E-state index is 12.4. The van der Waals surface area contributed by atoms with Crippen molar-refractivity contribution < 1.29 is 9.59 Å². The fourth-order valence-electron chi connectivity index (χ4n) is 3.10. The Hall–Kier alpha value is -2.83. The predicted octanol–water partition coefficient (Wildman–Crippen LogP) is 1.76. The Balaban J connectivity index is 1.69. The molecule has 2 aromatic rings. The molecular weight excluding hydrogens is 318 g/mol. The lowest BCUT2D eigenvalue weighted by Gasteiger charge is -2.29. The summed E-state index contributed by atoms with van der Waals surface area (Å²) in [4.78, 5) is 24.3. The van der Waals surface area contributed by atoms with Crippen LogP contribution in [0.2, 0.25) is 0 Å². The smallest absolute Gasteiger partial charge is 0.315 e. The molecule has 2 heterocycles. The number of rotatable bonds is 4. The van der Waals surface area contributed by atoms with Crippen molar-refractivity contribution in [3.8, 4) is 5.69 Å². The van der Waals surface area contributed by atoms with Gasteiger partial charge in [-0.3, -0.25) is 4.79 Å². The summed E-state index contributed by atoms with van der Waals surface area (Å²) >= 11 is 0. The number of para-hydroxylation sites is 1. The van der Waals surface area contributed by atoms with E-state index in [9.17, 15) is 9.59 Å². The van der Waals surface area contributed by atoms with Crippen molar-refractivity contribution >= 4 is 11.9 Å². The fraction of sp³-hybridized carbons (Fsp3) is 0.389. The van der Waals surface area contributed by atoms with Gasteiger partial charge in [-0.25, -0.2) is 9.48 Å². The van der Waals surface area contributed by atoms with Crippen molar-refractivity contribution in [2.45, 2.75) is 32.4 Å². The van der Waals surface area contributed by atoms with E-state index < -0.39 is 6.04 Å². The molecule has 0 radical (unpaired) electrons. The Labute approximate surface area is 146 Å². The van der Waals surface area contributed by atoms with Gasteiger partial charge in [0.2, 0.25) is 5.91 Å². The number of nitrogens with one attached hydrogen (secondary N) is 3. The largest absolute Gasteiger partial charge is 0.354 e. The van der Waals surface area contributed by atoms with Crippen LogP contribution in [0.3, 0.4) is 0 Å². The fourth-order valence-corrected chi connectivity index (χ4v) is 3.10. The van der Waals surface area contributed by atoms with Crippen LogP contribution in [0.25, 0.3) is 5.69 Å². The molecule has 0 unspecified atom stereocenters. The number of hydrogen-bond acceptors (Lipinski definition) is 3. The van der Waals surface area contributed by atoms with E-state index >= 15 is 0 Å². The van der Waals surface area contributed by atoms with Gasteiger partial charge >= 0.3 is 6.03 Å². The van der Waals surface area contributed by atoms with Gasteiger partial charge in [0.15, 0.2) is 0 Å². The molecule has 132 valence electrons. The highest BCUT2D eigenvalue weighted by atomic mass is 16.2. The normalized spacial score (nSPS) is 21.3. The second kappa shape index (κ2) is 7.38. The third kappa shape index (κ3) is 3.81. The molecule has 1 aromatic heterocycles. The molecule has 0 bridgehead atoms. The van der Waals surface area contributed by atoms with Crippen LogP contribution in [0.4, 0.5) is 4.79 Å². The van der Waals surface area contributed by atoms with Crippen molar-refractivity contribution in [1.82, 2.24) is 25.7 Å². The zero-order valence-electron chi connectivity index (χ0n) is 14.4. The van der Waals surface area contributed by atoms with E-state index in [4.69, 9.17) is 0 Å². The van der Waals surface area contributed by atoms with Gasteiger partial charge in [-0.05, 0) is 37.0 Å². The van der Waals surface area contributed by atoms with E-state index in [2.05, 4.69) is 21.0 Å². The molecule has 7 nitrogen and oxygen atoms in total. The Kier molecular flexibility index (Phi) is 5.02. The summed E-state index contributed by atoms with van der Waals surface area (Å²) in [5.41, 5.74) is 1.85. The first-order valence-electron chi connectivity index (χ1n) is 8.50. The standard InChI is InChI=1S/C18H23N5O2/c1-12-8-10-19-17(24)16(12)22-18(25)21-13(2)14-6-3-4-7-15(14)23-11-5-9-20-23/h3-7,9,11-13,16H,8,10H2,1-2H3,(H,19,24)(H2,21,22,25)/t12-,13-,16-/m0/s1. The van der Waals surface area contributed by atoms with E-state index in [0.29, 0.717) is 6.54 Å². The van der Waals surface area contributed by atoms with Crippen molar-refractivity contribution in [3.05, 3.63) is 48.3 Å². The number of carbonyl (C=O) groups excluding carboxylic acids is 2. The molecule has 1 aliphatic rings. The average Bonchev–Trinajstić information content (AvgIpc) is 3.13. The molecule has 1 fully saturated rings. The van der Waals surface area contributed by atoms with E-state index in [1.807, 2.05) is 50.4 Å². The third-order valence-corrected chi connectivity index (χ3v) is 4.54. The van der Waals surface area contributed by atoms with Gasteiger partial charge < -0.3 is 16.0 Å². The van der Waals surface area contributed by atoms with Gasteiger partial charge in [-0.2, -0.15) is 5.10 Å². The summed E-state index contributed by atoms with van der Waals surface area (Å²) in [5, 5.41) is 12.7. The molecule has 0 aliphatic carbocycles. The van der Waals surface area contributed by atoms with Gasteiger partial charge in [0, 0.05) is 18.9 Å². The molecule has 7 heteroatoms. The number of urea groups is 1. The minimum atomic E-state index is -0.498. The zero-order chi connectivity index (χ0) is 17.8. The van der Waals surface area contributed by atoms with Gasteiger partial charge in [-0.1, -0.05) is 25.1 Å². The second-order valence-corrected chi connectivity index (χ2v) is 6.38. The Morgan fingerprint density at radius 2 is 2.16 bits per heavy atom. The number of benzene rings is 1. The molecule has 3 N–H and O–H groups in total. The van der Waals surface area contributed by atoms with Crippen molar-refractivity contribution in [3.63, 3.8) is 0 Å².